The van der Waals surface area contributed by atoms with Gasteiger partial charge in [-0.15, -0.1) is 0 Å². The molecule has 0 atom stereocenters. The summed E-state index contributed by atoms with van der Waals surface area (Å²) in [5, 5.41) is 0. The molecule has 0 aromatic rings. The third kappa shape index (κ3) is 32.1. The van der Waals surface area contributed by atoms with Gasteiger partial charge in [-0.25, -0.2) is 0 Å². The van der Waals surface area contributed by atoms with Crippen molar-refractivity contribution in [2.24, 2.45) is 0 Å². The number of unbranched alkanes of at least 4 members (excludes halogenated alkanes) is 27. The second kappa shape index (κ2) is 34.0. The van der Waals surface area contributed by atoms with Crippen LogP contribution in [0.2, 0.25) is 0 Å². The van der Waals surface area contributed by atoms with Crippen LogP contribution in [-0.4, -0.2) is 24.5 Å². The lowest BCUT2D eigenvalue weighted by Gasteiger charge is -2.22. The Morgan fingerprint density at radius 2 is 0.378 bits per heavy atom. The predicted octanol–water partition coefficient (Wildman–Crippen LogP) is 13.1. The lowest BCUT2D eigenvalue weighted by molar-refractivity contribution is 0.254. The maximum Gasteiger partial charge on any atom is -0.00187 e. The summed E-state index contributed by atoms with van der Waals surface area (Å²) >= 11 is 0. The van der Waals surface area contributed by atoms with Crippen LogP contribution in [0.1, 0.15) is 213 Å². The van der Waals surface area contributed by atoms with Crippen molar-refractivity contribution in [1.29, 1.82) is 0 Å². The summed E-state index contributed by atoms with van der Waals surface area (Å²) in [6.45, 7) is 11.0. The van der Waals surface area contributed by atoms with Crippen molar-refractivity contribution < 1.29 is 0 Å². The van der Waals surface area contributed by atoms with Gasteiger partial charge in [0.1, 0.15) is 0 Å². The van der Waals surface area contributed by atoms with Crippen LogP contribution in [0.4, 0.5) is 0 Å². The normalized spacial score (nSPS) is 11.7. The first-order valence-corrected chi connectivity index (χ1v) is 18.1. The molecule has 1 nitrogen and oxygen atoms in total. The monoisotopic (exact) mass is 522 g/mol. The molecule has 0 saturated carbocycles. The molecule has 0 aliphatic rings. The fraction of sp³-hybridized carbons (Fsp3) is 1.00. The van der Waals surface area contributed by atoms with E-state index in [9.17, 15) is 0 Å². The summed E-state index contributed by atoms with van der Waals surface area (Å²) in [5.74, 6) is 0. The number of nitrogens with zero attached hydrogens (tertiary/aromatic N) is 1. The zero-order valence-electron chi connectivity index (χ0n) is 26.8. The van der Waals surface area contributed by atoms with Crippen LogP contribution in [0.15, 0.2) is 0 Å². The molecule has 0 aliphatic carbocycles. The van der Waals surface area contributed by atoms with Crippen LogP contribution < -0.4 is 0 Å². The topological polar surface area (TPSA) is 3.24 Å². The Hall–Kier alpha value is -0.0400. The van der Waals surface area contributed by atoms with E-state index in [0.717, 1.165) is 0 Å². The summed E-state index contributed by atoms with van der Waals surface area (Å²) in [6.07, 6.45) is 43.6. The van der Waals surface area contributed by atoms with Gasteiger partial charge in [0.25, 0.3) is 0 Å². The highest BCUT2D eigenvalue weighted by atomic mass is 15.1. The third-order valence-corrected chi connectivity index (χ3v) is 8.48. The summed E-state index contributed by atoms with van der Waals surface area (Å²) in [5.41, 5.74) is 0. The first-order valence-electron chi connectivity index (χ1n) is 18.1. The maximum atomic E-state index is 2.83. The van der Waals surface area contributed by atoms with E-state index in [2.05, 4.69) is 25.7 Å². The zero-order valence-corrected chi connectivity index (χ0v) is 26.8. The van der Waals surface area contributed by atoms with E-state index in [1.54, 1.807) is 0 Å². The van der Waals surface area contributed by atoms with Crippen molar-refractivity contribution in [3.63, 3.8) is 0 Å². The van der Waals surface area contributed by atoms with Crippen LogP contribution in [0.3, 0.4) is 0 Å². The molecule has 0 N–H and O–H groups in total. The van der Waals surface area contributed by atoms with Gasteiger partial charge in [0, 0.05) is 0 Å². The molecule has 0 aromatic carbocycles. The molecule has 1 heteroatoms. The van der Waals surface area contributed by atoms with Gasteiger partial charge in [-0.3, -0.25) is 0 Å². The fourth-order valence-electron chi connectivity index (χ4n) is 5.80. The van der Waals surface area contributed by atoms with Crippen LogP contribution in [0.5, 0.6) is 0 Å². The second-order valence-corrected chi connectivity index (χ2v) is 12.4. The molecule has 0 amide bonds. The summed E-state index contributed by atoms with van der Waals surface area (Å²) in [7, 11) is 0. The van der Waals surface area contributed by atoms with Crippen molar-refractivity contribution in [1.82, 2.24) is 4.90 Å². The number of rotatable bonds is 33. The van der Waals surface area contributed by atoms with Crippen LogP contribution in [0.25, 0.3) is 0 Å². The van der Waals surface area contributed by atoms with E-state index in [4.69, 9.17) is 0 Å². The van der Waals surface area contributed by atoms with E-state index >= 15 is 0 Å². The minimum Gasteiger partial charge on any atom is -0.303 e. The van der Waals surface area contributed by atoms with Crippen molar-refractivity contribution in [3.05, 3.63) is 0 Å². The lowest BCUT2D eigenvalue weighted by Crippen LogP contribution is -2.27. The lowest BCUT2D eigenvalue weighted by atomic mass is 10.0. The largest absolute Gasteiger partial charge is 0.303 e. The fourth-order valence-corrected chi connectivity index (χ4v) is 5.80. The average Bonchev–Trinajstić information content (AvgIpc) is 2.91. The van der Waals surface area contributed by atoms with Gasteiger partial charge in [-0.05, 0) is 38.9 Å². The summed E-state index contributed by atoms with van der Waals surface area (Å²) in [4.78, 5) is 2.83. The molecule has 224 valence electrons. The first-order chi connectivity index (χ1) is 18.3. The van der Waals surface area contributed by atoms with Gasteiger partial charge in [0.2, 0.25) is 0 Å². The van der Waals surface area contributed by atoms with E-state index in [-0.39, 0.29) is 0 Å². The number of hydrogen-bond donors (Lipinski definition) is 0. The Labute approximate surface area is 237 Å². The molecule has 0 bridgehead atoms. The Bertz CT molecular complexity index is 379. The van der Waals surface area contributed by atoms with Gasteiger partial charge >= 0.3 is 0 Å². The van der Waals surface area contributed by atoms with Gasteiger partial charge in [-0.1, -0.05) is 194 Å². The van der Waals surface area contributed by atoms with Gasteiger partial charge in [-0.2, -0.15) is 0 Å². The van der Waals surface area contributed by atoms with E-state index < -0.39 is 0 Å². The van der Waals surface area contributed by atoms with E-state index in [1.165, 1.54) is 212 Å². The number of hydrogen-bond acceptors (Lipinski definition) is 1. The average molecular weight is 522 g/mol. The van der Waals surface area contributed by atoms with Crippen molar-refractivity contribution in [2.45, 2.75) is 213 Å². The standard InChI is InChI=1S/C36H75N/c1-4-7-10-13-16-18-19-20-21-22-23-24-25-27-30-33-36-37(34-31-28-15-12-9-6-3)35-32-29-26-17-14-11-8-5-2/h4-36H2,1-3H3. The molecule has 0 heterocycles. The highest BCUT2D eigenvalue weighted by Crippen LogP contribution is 2.15. The van der Waals surface area contributed by atoms with Crippen LogP contribution >= 0.6 is 0 Å². The minimum absolute atomic E-state index is 1.36. The summed E-state index contributed by atoms with van der Waals surface area (Å²) in [6, 6.07) is 0. The van der Waals surface area contributed by atoms with Crippen molar-refractivity contribution in [3.8, 4) is 0 Å². The maximum absolute atomic E-state index is 2.83. The zero-order chi connectivity index (χ0) is 26.9. The molecule has 0 rings (SSSR count). The minimum atomic E-state index is 1.36. The Morgan fingerprint density at radius 3 is 0.568 bits per heavy atom. The Morgan fingerprint density at radius 1 is 0.216 bits per heavy atom. The SMILES string of the molecule is CCCCCCCCCCCCCCCCCCN(CCCCCCCC)CCCCCCCCCC. The van der Waals surface area contributed by atoms with Gasteiger partial charge in [0.05, 0.1) is 0 Å². The van der Waals surface area contributed by atoms with Gasteiger partial charge in [0.15, 0.2) is 0 Å². The highest BCUT2D eigenvalue weighted by molar-refractivity contribution is 4.61. The molecule has 0 spiro atoms. The van der Waals surface area contributed by atoms with Gasteiger partial charge < -0.3 is 4.90 Å². The summed E-state index contributed by atoms with van der Waals surface area (Å²) < 4.78 is 0. The molecule has 0 fully saturated rings. The van der Waals surface area contributed by atoms with Crippen LogP contribution in [0, 0.1) is 0 Å². The third-order valence-electron chi connectivity index (χ3n) is 8.48. The van der Waals surface area contributed by atoms with Crippen molar-refractivity contribution >= 4 is 0 Å². The van der Waals surface area contributed by atoms with E-state index in [1.807, 2.05) is 0 Å². The molecule has 0 aliphatic heterocycles. The molecular formula is C36H75N. The molecule has 0 aromatic heterocycles. The Balaban J connectivity index is 3.68. The first kappa shape index (κ1) is 37.0. The quantitative estimate of drug-likeness (QED) is 0.0776. The predicted molar refractivity (Wildman–Crippen MR) is 172 cm³/mol. The highest BCUT2D eigenvalue weighted by Gasteiger charge is 2.05. The molecule has 0 radical (unpaired) electrons. The molecule has 0 unspecified atom stereocenters. The molecular weight excluding hydrogens is 446 g/mol. The van der Waals surface area contributed by atoms with Crippen molar-refractivity contribution in [2.75, 3.05) is 19.6 Å². The molecule has 37 heavy (non-hydrogen) atoms. The smallest absolute Gasteiger partial charge is 0.00187 e. The van der Waals surface area contributed by atoms with E-state index in [0.29, 0.717) is 0 Å². The molecule has 0 saturated heterocycles. The second-order valence-electron chi connectivity index (χ2n) is 12.4. The Kier molecular flexibility index (Phi) is 34.0. The van der Waals surface area contributed by atoms with Crippen LogP contribution in [-0.2, 0) is 0 Å².